The van der Waals surface area contributed by atoms with Gasteiger partial charge in [-0.05, 0) is 51.1 Å². The molecule has 1 atom stereocenters. The Balaban J connectivity index is 1.92. The highest BCUT2D eigenvalue weighted by molar-refractivity contribution is 5.96. The van der Waals surface area contributed by atoms with Crippen LogP contribution in [0.3, 0.4) is 0 Å². The molecular formula is C19H25N3O2. The molecule has 2 aromatic rings. The van der Waals surface area contributed by atoms with Gasteiger partial charge < -0.3 is 19.5 Å². The Morgan fingerprint density at radius 2 is 1.96 bits per heavy atom. The van der Waals surface area contributed by atoms with Gasteiger partial charge in [0.2, 0.25) is 0 Å². The van der Waals surface area contributed by atoms with E-state index in [1.54, 1.807) is 7.11 Å². The number of aryl methyl sites for hydroxylation is 1. The summed E-state index contributed by atoms with van der Waals surface area (Å²) in [5, 5.41) is 3.38. The number of nitrogens with one attached hydrogen (secondary N) is 1. The third-order valence-electron chi connectivity index (χ3n) is 4.65. The molecule has 5 nitrogen and oxygen atoms in total. The molecule has 0 spiro atoms. The molecule has 1 aliphatic heterocycles. The van der Waals surface area contributed by atoms with Crippen molar-refractivity contribution < 1.29 is 9.53 Å². The molecule has 128 valence electrons. The van der Waals surface area contributed by atoms with Gasteiger partial charge >= 0.3 is 0 Å². The zero-order valence-corrected chi connectivity index (χ0v) is 14.8. The predicted octanol–water partition coefficient (Wildman–Crippen LogP) is 2.54. The highest BCUT2D eigenvalue weighted by Crippen LogP contribution is 2.24. The molecule has 0 radical (unpaired) electrons. The summed E-state index contributed by atoms with van der Waals surface area (Å²) in [4.78, 5) is 14.9. The van der Waals surface area contributed by atoms with Crippen molar-refractivity contribution in [1.82, 2.24) is 14.8 Å². The van der Waals surface area contributed by atoms with Crippen LogP contribution in [-0.4, -0.2) is 48.2 Å². The maximum Gasteiger partial charge on any atom is 0.255 e. The summed E-state index contributed by atoms with van der Waals surface area (Å²) in [6.45, 7) is 8.52. The van der Waals surface area contributed by atoms with E-state index in [1.165, 1.54) is 0 Å². The van der Waals surface area contributed by atoms with E-state index >= 15 is 0 Å². The highest BCUT2D eigenvalue weighted by atomic mass is 16.5. The van der Waals surface area contributed by atoms with Crippen molar-refractivity contribution in [3.8, 4) is 11.4 Å². The van der Waals surface area contributed by atoms with Crippen LogP contribution >= 0.6 is 0 Å². The predicted molar refractivity (Wildman–Crippen MR) is 95.2 cm³/mol. The summed E-state index contributed by atoms with van der Waals surface area (Å²) >= 11 is 0. The molecule has 3 rings (SSSR count). The lowest BCUT2D eigenvalue weighted by atomic mass is 10.1. The van der Waals surface area contributed by atoms with E-state index in [2.05, 4.69) is 16.8 Å². The van der Waals surface area contributed by atoms with E-state index in [-0.39, 0.29) is 5.91 Å². The second-order valence-electron chi connectivity index (χ2n) is 6.42. The number of aromatic nitrogens is 1. The first kappa shape index (κ1) is 16.6. The van der Waals surface area contributed by atoms with Crippen molar-refractivity contribution in [3.63, 3.8) is 0 Å². The smallest absolute Gasteiger partial charge is 0.255 e. The number of piperazine rings is 1. The van der Waals surface area contributed by atoms with Crippen LogP contribution in [0.15, 0.2) is 30.3 Å². The van der Waals surface area contributed by atoms with Gasteiger partial charge in [0.05, 0.1) is 12.7 Å². The summed E-state index contributed by atoms with van der Waals surface area (Å²) in [6.07, 6.45) is 0. The number of hydrogen-bond acceptors (Lipinski definition) is 3. The molecule has 0 aliphatic carbocycles. The minimum Gasteiger partial charge on any atom is -0.497 e. The Hall–Kier alpha value is -2.27. The summed E-state index contributed by atoms with van der Waals surface area (Å²) in [7, 11) is 1.66. The second-order valence-corrected chi connectivity index (χ2v) is 6.42. The van der Waals surface area contributed by atoms with Gasteiger partial charge in [0.25, 0.3) is 5.91 Å². The molecule has 2 heterocycles. The Labute approximate surface area is 143 Å². The third-order valence-corrected chi connectivity index (χ3v) is 4.65. The van der Waals surface area contributed by atoms with Crippen LogP contribution in [0.1, 0.15) is 28.7 Å². The van der Waals surface area contributed by atoms with E-state index in [4.69, 9.17) is 4.74 Å². The first-order valence-electron chi connectivity index (χ1n) is 8.37. The van der Waals surface area contributed by atoms with Crippen molar-refractivity contribution in [2.45, 2.75) is 26.8 Å². The molecule has 1 amide bonds. The summed E-state index contributed by atoms with van der Waals surface area (Å²) in [5.74, 6) is 0.948. The average molecular weight is 327 g/mol. The molecule has 1 saturated heterocycles. The minimum atomic E-state index is 0.121. The van der Waals surface area contributed by atoms with Crippen molar-refractivity contribution in [2.75, 3.05) is 26.7 Å². The number of amides is 1. The van der Waals surface area contributed by atoms with Crippen LogP contribution in [-0.2, 0) is 0 Å². The summed E-state index contributed by atoms with van der Waals surface area (Å²) < 4.78 is 7.35. The Morgan fingerprint density at radius 3 is 2.58 bits per heavy atom. The molecule has 0 saturated carbocycles. The molecule has 1 N–H and O–H groups in total. The number of methoxy groups -OCH3 is 1. The average Bonchev–Trinajstić information content (AvgIpc) is 2.89. The molecule has 1 fully saturated rings. The maximum atomic E-state index is 12.9. The molecule has 1 aromatic heterocycles. The SMILES string of the molecule is COc1ccc(-n2c(C)cc(C(=O)N3CCNC(C)C3)c2C)cc1. The number of ether oxygens (including phenoxy) is 1. The Bertz CT molecular complexity index is 734. The number of hydrogen-bond donors (Lipinski definition) is 1. The van der Waals surface area contributed by atoms with Crippen LogP contribution in [0.25, 0.3) is 5.69 Å². The second kappa shape index (κ2) is 6.69. The number of carbonyl (C=O) groups is 1. The monoisotopic (exact) mass is 327 g/mol. The van der Waals surface area contributed by atoms with Crippen molar-refractivity contribution in [1.29, 1.82) is 0 Å². The zero-order valence-electron chi connectivity index (χ0n) is 14.8. The summed E-state index contributed by atoms with van der Waals surface area (Å²) in [6, 6.07) is 10.2. The van der Waals surface area contributed by atoms with Crippen LogP contribution in [0.4, 0.5) is 0 Å². The van der Waals surface area contributed by atoms with Gasteiger partial charge in [-0.3, -0.25) is 4.79 Å². The van der Waals surface area contributed by atoms with Gasteiger partial charge in [0, 0.05) is 42.8 Å². The lowest BCUT2D eigenvalue weighted by Crippen LogP contribution is -2.51. The van der Waals surface area contributed by atoms with Gasteiger partial charge in [-0.2, -0.15) is 0 Å². The number of rotatable bonds is 3. The number of benzene rings is 1. The molecule has 24 heavy (non-hydrogen) atoms. The Morgan fingerprint density at radius 1 is 1.25 bits per heavy atom. The van der Waals surface area contributed by atoms with Crippen LogP contribution in [0, 0.1) is 13.8 Å². The zero-order chi connectivity index (χ0) is 17.3. The van der Waals surface area contributed by atoms with Gasteiger partial charge in [-0.15, -0.1) is 0 Å². The molecule has 1 aliphatic rings. The van der Waals surface area contributed by atoms with Gasteiger partial charge in [0.15, 0.2) is 0 Å². The largest absolute Gasteiger partial charge is 0.497 e. The fraction of sp³-hybridized carbons (Fsp3) is 0.421. The van der Waals surface area contributed by atoms with Crippen LogP contribution in [0.2, 0.25) is 0 Å². The number of nitrogens with zero attached hydrogens (tertiary/aromatic N) is 2. The van der Waals surface area contributed by atoms with Gasteiger partial charge in [-0.25, -0.2) is 0 Å². The lowest BCUT2D eigenvalue weighted by molar-refractivity contribution is 0.0708. The fourth-order valence-corrected chi connectivity index (χ4v) is 3.40. The van der Waals surface area contributed by atoms with E-state index in [1.807, 2.05) is 49.1 Å². The highest BCUT2D eigenvalue weighted by Gasteiger charge is 2.25. The third kappa shape index (κ3) is 3.04. The van der Waals surface area contributed by atoms with Crippen LogP contribution < -0.4 is 10.1 Å². The molecular weight excluding hydrogens is 302 g/mol. The Kier molecular flexibility index (Phi) is 4.62. The minimum absolute atomic E-state index is 0.121. The molecule has 5 heteroatoms. The lowest BCUT2D eigenvalue weighted by Gasteiger charge is -2.32. The normalized spacial score (nSPS) is 17.8. The van der Waals surface area contributed by atoms with Crippen molar-refractivity contribution >= 4 is 5.91 Å². The molecule has 0 bridgehead atoms. The van der Waals surface area contributed by atoms with E-state index in [9.17, 15) is 4.79 Å². The first-order valence-corrected chi connectivity index (χ1v) is 8.37. The van der Waals surface area contributed by atoms with Crippen molar-refractivity contribution in [2.24, 2.45) is 0 Å². The van der Waals surface area contributed by atoms with E-state index in [0.29, 0.717) is 6.04 Å². The van der Waals surface area contributed by atoms with E-state index in [0.717, 1.165) is 48.0 Å². The fourth-order valence-electron chi connectivity index (χ4n) is 3.40. The van der Waals surface area contributed by atoms with E-state index < -0.39 is 0 Å². The number of carbonyl (C=O) groups excluding carboxylic acids is 1. The molecule has 1 aromatic carbocycles. The van der Waals surface area contributed by atoms with Gasteiger partial charge in [-0.1, -0.05) is 0 Å². The quantitative estimate of drug-likeness (QED) is 0.942. The van der Waals surface area contributed by atoms with Crippen molar-refractivity contribution in [3.05, 3.63) is 47.3 Å². The molecule has 1 unspecified atom stereocenters. The topological polar surface area (TPSA) is 46.5 Å². The van der Waals surface area contributed by atoms with Crippen LogP contribution in [0.5, 0.6) is 5.75 Å². The standard InChI is InChI=1S/C19H25N3O2/c1-13-12-21(10-9-20-13)19(23)18-11-14(2)22(15(18)3)16-5-7-17(24-4)8-6-16/h5-8,11,13,20H,9-10,12H2,1-4H3. The van der Waals surface area contributed by atoms with Gasteiger partial charge in [0.1, 0.15) is 5.75 Å². The summed E-state index contributed by atoms with van der Waals surface area (Å²) in [5.41, 5.74) is 3.87. The first-order chi connectivity index (χ1) is 11.5. The maximum absolute atomic E-state index is 12.9.